The van der Waals surface area contributed by atoms with Crippen LogP contribution in [0.4, 0.5) is 26.3 Å². The van der Waals surface area contributed by atoms with E-state index in [4.69, 9.17) is 0 Å². The molecule has 0 saturated carbocycles. The Morgan fingerprint density at radius 2 is 1.67 bits per heavy atom. The van der Waals surface area contributed by atoms with Crippen LogP contribution >= 0.6 is 0 Å². The first kappa shape index (κ1) is 19.9. The zero-order chi connectivity index (χ0) is 19.8. The van der Waals surface area contributed by atoms with Crippen LogP contribution in [0.5, 0.6) is 0 Å². The van der Waals surface area contributed by atoms with Gasteiger partial charge in [-0.3, -0.25) is 0 Å². The van der Waals surface area contributed by atoms with Gasteiger partial charge in [0.2, 0.25) is 0 Å². The quantitative estimate of drug-likeness (QED) is 0.763. The van der Waals surface area contributed by atoms with E-state index in [-0.39, 0.29) is 17.5 Å². The molecule has 2 aromatic rings. The molecule has 2 heterocycles. The van der Waals surface area contributed by atoms with Gasteiger partial charge < -0.3 is 10.0 Å². The van der Waals surface area contributed by atoms with E-state index in [2.05, 4.69) is 4.98 Å². The Morgan fingerprint density at radius 1 is 1.00 bits per heavy atom. The molecule has 3 rings (SSSR count). The third-order valence-electron chi connectivity index (χ3n) is 4.71. The Labute approximate surface area is 151 Å². The van der Waals surface area contributed by atoms with Crippen molar-refractivity contribution in [2.75, 3.05) is 19.6 Å². The molecule has 1 aromatic carbocycles. The standard InChI is InChI=1S/C18H18F6N2O/c19-17(20,21)13-6-4-5-11-12(9-15(18(22,23)24)25-16(11)13)14(27)10-26-7-2-1-3-8-26/h4-6,9,14,27H,1-3,7-8,10H2. The number of fused-ring (bicyclic) bond motifs is 1. The van der Waals surface area contributed by atoms with Gasteiger partial charge in [-0.15, -0.1) is 0 Å². The van der Waals surface area contributed by atoms with E-state index < -0.39 is 35.2 Å². The predicted octanol–water partition coefficient (Wildman–Crippen LogP) is 4.79. The number of para-hydroxylation sites is 1. The van der Waals surface area contributed by atoms with E-state index in [1.165, 1.54) is 6.07 Å². The van der Waals surface area contributed by atoms with Crippen molar-refractivity contribution in [2.24, 2.45) is 0 Å². The molecule has 0 aliphatic carbocycles. The second-order valence-electron chi connectivity index (χ2n) is 6.67. The number of piperidine rings is 1. The van der Waals surface area contributed by atoms with Gasteiger partial charge in [-0.1, -0.05) is 18.6 Å². The Kier molecular flexibility index (Phi) is 5.36. The lowest BCUT2D eigenvalue weighted by Crippen LogP contribution is -2.33. The van der Waals surface area contributed by atoms with Crippen molar-refractivity contribution < 1.29 is 31.4 Å². The van der Waals surface area contributed by atoms with Crippen LogP contribution in [0.15, 0.2) is 24.3 Å². The number of aliphatic hydroxyl groups excluding tert-OH is 1. The van der Waals surface area contributed by atoms with E-state index in [1.807, 2.05) is 4.90 Å². The summed E-state index contributed by atoms with van der Waals surface area (Å²) in [5, 5.41) is 10.4. The highest BCUT2D eigenvalue weighted by atomic mass is 19.4. The van der Waals surface area contributed by atoms with Crippen LogP contribution < -0.4 is 0 Å². The lowest BCUT2D eigenvalue weighted by atomic mass is 9.98. The van der Waals surface area contributed by atoms with Crippen LogP contribution in [0.3, 0.4) is 0 Å². The largest absolute Gasteiger partial charge is 0.433 e. The molecule has 0 radical (unpaired) electrons. The first-order valence-corrected chi connectivity index (χ1v) is 8.56. The Balaban J connectivity index is 2.12. The number of halogens is 6. The lowest BCUT2D eigenvalue weighted by molar-refractivity contribution is -0.142. The maximum atomic E-state index is 13.3. The van der Waals surface area contributed by atoms with E-state index in [0.29, 0.717) is 25.2 Å². The number of pyridine rings is 1. The van der Waals surface area contributed by atoms with Crippen molar-refractivity contribution in [2.45, 2.75) is 37.7 Å². The molecule has 1 aromatic heterocycles. The van der Waals surface area contributed by atoms with Gasteiger partial charge in [0.15, 0.2) is 0 Å². The topological polar surface area (TPSA) is 36.4 Å². The molecule has 3 nitrogen and oxygen atoms in total. The van der Waals surface area contributed by atoms with Crippen molar-refractivity contribution in [1.82, 2.24) is 9.88 Å². The molecule has 1 aliphatic heterocycles. The van der Waals surface area contributed by atoms with E-state index >= 15 is 0 Å². The minimum absolute atomic E-state index is 0.0622. The fraction of sp³-hybridized carbons (Fsp3) is 0.500. The number of hydrogen-bond acceptors (Lipinski definition) is 3. The zero-order valence-electron chi connectivity index (χ0n) is 14.2. The Hall–Kier alpha value is -1.87. The minimum Gasteiger partial charge on any atom is -0.387 e. The number of alkyl halides is 6. The molecule has 1 N–H and O–H groups in total. The Bertz CT molecular complexity index is 812. The molecule has 1 atom stereocenters. The average Bonchev–Trinajstić information content (AvgIpc) is 2.59. The summed E-state index contributed by atoms with van der Waals surface area (Å²) in [6, 6.07) is 3.71. The second-order valence-corrected chi connectivity index (χ2v) is 6.67. The molecule has 1 aliphatic rings. The SMILES string of the molecule is OC(CN1CCCCC1)c1cc(C(F)(F)F)nc2c(C(F)(F)F)cccc12. The number of nitrogens with zero attached hydrogens (tertiary/aromatic N) is 2. The zero-order valence-corrected chi connectivity index (χ0v) is 14.2. The molecule has 27 heavy (non-hydrogen) atoms. The predicted molar refractivity (Wildman–Crippen MR) is 87.0 cm³/mol. The monoisotopic (exact) mass is 392 g/mol. The fourth-order valence-corrected chi connectivity index (χ4v) is 3.41. The van der Waals surface area contributed by atoms with Gasteiger partial charge in [0.05, 0.1) is 17.2 Å². The van der Waals surface area contributed by atoms with Crippen molar-refractivity contribution in [3.8, 4) is 0 Å². The van der Waals surface area contributed by atoms with Gasteiger partial charge in [-0.2, -0.15) is 26.3 Å². The molecule has 1 fully saturated rings. The number of likely N-dealkylation sites (tertiary alicyclic amines) is 1. The average molecular weight is 392 g/mol. The smallest absolute Gasteiger partial charge is 0.387 e. The van der Waals surface area contributed by atoms with Crippen LogP contribution in [0.25, 0.3) is 10.9 Å². The van der Waals surface area contributed by atoms with Crippen molar-refractivity contribution in [1.29, 1.82) is 0 Å². The van der Waals surface area contributed by atoms with Crippen LogP contribution in [0.2, 0.25) is 0 Å². The number of β-amino-alcohol motifs (C(OH)–C–C–N with tert-alkyl or cyclic N) is 1. The van der Waals surface area contributed by atoms with Crippen LogP contribution in [-0.2, 0) is 12.4 Å². The number of benzene rings is 1. The van der Waals surface area contributed by atoms with Gasteiger partial charge in [-0.25, -0.2) is 4.98 Å². The van der Waals surface area contributed by atoms with E-state index in [9.17, 15) is 31.4 Å². The summed E-state index contributed by atoms with van der Waals surface area (Å²) >= 11 is 0. The molecule has 0 bridgehead atoms. The summed E-state index contributed by atoms with van der Waals surface area (Å²) in [7, 11) is 0. The summed E-state index contributed by atoms with van der Waals surface area (Å²) in [5.41, 5.74) is -3.69. The first-order chi connectivity index (χ1) is 12.6. The summed E-state index contributed by atoms with van der Waals surface area (Å²) in [6.07, 6.45) is -8.26. The maximum absolute atomic E-state index is 13.3. The third-order valence-corrected chi connectivity index (χ3v) is 4.71. The van der Waals surface area contributed by atoms with Crippen molar-refractivity contribution in [3.63, 3.8) is 0 Å². The minimum atomic E-state index is -4.92. The highest BCUT2D eigenvalue weighted by Crippen LogP contribution is 2.39. The van der Waals surface area contributed by atoms with Crippen molar-refractivity contribution in [3.05, 3.63) is 41.1 Å². The fourth-order valence-electron chi connectivity index (χ4n) is 3.41. The van der Waals surface area contributed by atoms with Gasteiger partial charge >= 0.3 is 12.4 Å². The van der Waals surface area contributed by atoms with E-state index in [1.54, 1.807) is 0 Å². The summed E-state index contributed by atoms with van der Waals surface area (Å²) in [4.78, 5) is 5.14. The molecule has 1 saturated heterocycles. The maximum Gasteiger partial charge on any atom is 0.433 e. The van der Waals surface area contributed by atoms with Crippen LogP contribution in [0, 0.1) is 0 Å². The third kappa shape index (κ3) is 4.35. The highest BCUT2D eigenvalue weighted by Gasteiger charge is 2.38. The molecule has 0 amide bonds. The normalized spacial score (nSPS) is 18.0. The molecular formula is C18H18F6N2O. The number of aromatic nitrogens is 1. The number of aliphatic hydroxyl groups is 1. The van der Waals surface area contributed by atoms with E-state index in [0.717, 1.165) is 25.3 Å². The number of hydrogen-bond donors (Lipinski definition) is 1. The molecule has 9 heteroatoms. The highest BCUT2D eigenvalue weighted by molar-refractivity contribution is 5.86. The Morgan fingerprint density at radius 3 is 2.26 bits per heavy atom. The van der Waals surface area contributed by atoms with Crippen LogP contribution in [0.1, 0.15) is 42.2 Å². The molecule has 0 spiro atoms. The van der Waals surface area contributed by atoms with Gasteiger partial charge in [0.1, 0.15) is 5.69 Å². The molecule has 148 valence electrons. The second kappa shape index (κ2) is 7.27. The summed E-state index contributed by atoms with van der Waals surface area (Å²) in [5.74, 6) is 0. The number of rotatable bonds is 3. The summed E-state index contributed by atoms with van der Waals surface area (Å²) < 4.78 is 79.4. The lowest BCUT2D eigenvalue weighted by Gasteiger charge is -2.29. The van der Waals surface area contributed by atoms with Crippen LogP contribution in [-0.4, -0.2) is 34.6 Å². The molecule has 1 unspecified atom stereocenters. The van der Waals surface area contributed by atoms with Gasteiger partial charge in [0, 0.05) is 11.9 Å². The summed E-state index contributed by atoms with van der Waals surface area (Å²) in [6.45, 7) is 1.45. The van der Waals surface area contributed by atoms with Crippen molar-refractivity contribution >= 4 is 10.9 Å². The molecular weight excluding hydrogens is 374 g/mol. The first-order valence-electron chi connectivity index (χ1n) is 8.56. The van der Waals surface area contributed by atoms with Gasteiger partial charge in [-0.05, 0) is 43.6 Å². The van der Waals surface area contributed by atoms with Gasteiger partial charge in [0.25, 0.3) is 0 Å².